The van der Waals surface area contributed by atoms with Crippen LogP contribution in [0.2, 0.25) is 0 Å². The van der Waals surface area contributed by atoms with E-state index in [0.717, 1.165) is 122 Å². The molecule has 6 nitrogen and oxygen atoms in total. The topological polar surface area (TPSA) is 78.9 Å². The highest BCUT2D eigenvalue weighted by Gasteiger charge is 2.19. The van der Waals surface area contributed by atoms with Crippen molar-refractivity contribution >= 4 is 17.9 Å². The first kappa shape index (κ1) is 57.1. The molecule has 0 aromatic heterocycles. The van der Waals surface area contributed by atoms with Gasteiger partial charge in [-0.15, -0.1) is 0 Å². The summed E-state index contributed by atoms with van der Waals surface area (Å²) in [4.78, 5) is 37.9. The Bertz CT molecular complexity index is 1100. The van der Waals surface area contributed by atoms with Gasteiger partial charge in [0.2, 0.25) is 0 Å². The lowest BCUT2D eigenvalue weighted by Gasteiger charge is -2.18. The van der Waals surface area contributed by atoms with Crippen LogP contribution in [0.1, 0.15) is 245 Å². The van der Waals surface area contributed by atoms with Crippen molar-refractivity contribution in [2.45, 2.75) is 252 Å². The molecule has 0 aliphatic heterocycles. The van der Waals surface area contributed by atoms with Gasteiger partial charge >= 0.3 is 17.9 Å². The van der Waals surface area contributed by atoms with Crippen LogP contribution >= 0.6 is 0 Å². The molecule has 0 aromatic rings. The Hall–Kier alpha value is -2.89. The van der Waals surface area contributed by atoms with Crippen molar-refractivity contribution in [3.63, 3.8) is 0 Å². The van der Waals surface area contributed by atoms with E-state index in [0.29, 0.717) is 19.3 Å². The van der Waals surface area contributed by atoms with Gasteiger partial charge in [0.05, 0.1) is 0 Å². The van der Waals surface area contributed by atoms with Crippen molar-refractivity contribution in [2.24, 2.45) is 0 Å². The fourth-order valence-corrected chi connectivity index (χ4v) is 6.94. The fraction of sp³-hybridized carbons (Fsp3) is 0.759. The number of rotatable bonds is 45. The molecular formula is C54H94O6. The Labute approximate surface area is 370 Å². The second-order valence-electron chi connectivity index (χ2n) is 16.7. The van der Waals surface area contributed by atoms with Gasteiger partial charge < -0.3 is 14.2 Å². The van der Waals surface area contributed by atoms with Crippen molar-refractivity contribution in [2.75, 3.05) is 13.2 Å². The molecule has 6 heteroatoms. The molecule has 0 saturated carbocycles. The number of allylic oxidation sites excluding steroid dienone is 10. The molecule has 0 aliphatic carbocycles. The SMILES string of the molecule is CC/C=C/C/C=C/C/C=C/CCCCCCCC(=O)OC[C@@H](COC(=O)CCCCCCCCCCCCCCC)OC(=O)CCCCCCC/C=C/C/C=C/CCCC. The maximum absolute atomic E-state index is 12.8. The Kier molecular flexibility index (Phi) is 46.4. The summed E-state index contributed by atoms with van der Waals surface area (Å²) in [6.45, 7) is 6.46. The van der Waals surface area contributed by atoms with E-state index in [9.17, 15) is 14.4 Å². The summed E-state index contributed by atoms with van der Waals surface area (Å²) in [5, 5.41) is 0. The second-order valence-corrected chi connectivity index (χ2v) is 16.7. The normalized spacial score (nSPS) is 12.5. The van der Waals surface area contributed by atoms with E-state index in [1.54, 1.807) is 0 Å². The van der Waals surface area contributed by atoms with E-state index in [-0.39, 0.29) is 31.1 Å². The Morgan fingerprint density at radius 2 is 0.667 bits per heavy atom. The van der Waals surface area contributed by atoms with Crippen molar-refractivity contribution in [3.05, 3.63) is 60.8 Å². The molecule has 0 saturated heterocycles. The van der Waals surface area contributed by atoms with Crippen LogP contribution in [0, 0.1) is 0 Å². The van der Waals surface area contributed by atoms with Gasteiger partial charge in [-0.3, -0.25) is 14.4 Å². The molecule has 1 atom stereocenters. The van der Waals surface area contributed by atoms with Crippen LogP contribution in [0.4, 0.5) is 0 Å². The number of unbranched alkanes of at least 4 members (excludes halogenated alkanes) is 24. The van der Waals surface area contributed by atoms with Crippen LogP contribution in [-0.2, 0) is 28.6 Å². The number of ether oxygens (including phenoxy) is 3. The van der Waals surface area contributed by atoms with Crippen LogP contribution in [0.3, 0.4) is 0 Å². The van der Waals surface area contributed by atoms with E-state index >= 15 is 0 Å². The maximum Gasteiger partial charge on any atom is 0.306 e. The monoisotopic (exact) mass is 839 g/mol. The van der Waals surface area contributed by atoms with Gasteiger partial charge in [0.15, 0.2) is 6.10 Å². The lowest BCUT2D eigenvalue weighted by molar-refractivity contribution is -0.167. The summed E-state index contributed by atoms with van der Waals surface area (Å²) in [7, 11) is 0. The summed E-state index contributed by atoms with van der Waals surface area (Å²) in [6.07, 6.45) is 59.1. The van der Waals surface area contributed by atoms with Gasteiger partial charge in [0, 0.05) is 19.3 Å². The standard InChI is InChI=1S/C54H94O6/c1-4-7-10-13-16-19-22-25-27-30-32-35-38-41-44-47-53(56)59-50-51(49-58-52(55)46-43-40-37-34-31-28-24-21-18-15-12-9-6-3)60-54(57)48-45-42-39-36-33-29-26-23-20-17-14-11-8-5-2/h7,10,14,16-17,19,23,25-27,51H,4-6,8-9,11-13,15,18,20-22,24,28-50H2,1-3H3/b10-7+,17-14+,19-16+,26-23+,27-25+/t51-/m1/s1. The molecule has 0 heterocycles. The Morgan fingerprint density at radius 3 is 1.07 bits per heavy atom. The van der Waals surface area contributed by atoms with Crippen molar-refractivity contribution < 1.29 is 28.6 Å². The third-order valence-corrected chi connectivity index (χ3v) is 10.8. The number of hydrogen-bond donors (Lipinski definition) is 0. The quantitative estimate of drug-likeness (QED) is 0.0263. The smallest absolute Gasteiger partial charge is 0.306 e. The van der Waals surface area contributed by atoms with Gasteiger partial charge in [-0.25, -0.2) is 0 Å². The van der Waals surface area contributed by atoms with Gasteiger partial charge in [0.25, 0.3) is 0 Å². The molecule has 0 rings (SSSR count). The molecule has 0 fully saturated rings. The predicted molar refractivity (Wildman–Crippen MR) is 256 cm³/mol. The second kappa shape index (κ2) is 48.8. The molecule has 0 radical (unpaired) electrons. The van der Waals surface area contributed by atoms with E-state index in [1.165, 1.54) is 83.5 Å². The minimum absolute atomic E-state index is 0.0839. The summed E-state index contributed by atoms with van der Waals surface area (Å²) < 4.78 is 16.8. The largest absolute Gasteiger partial charge is 0.462 e. The average Bonchev–Trinajstić information content (AvgIpc) is 3.24. The summed E-state index contributed by atoms with van der Waals surface area (Å²) in [5.74, 6) is -0.912. The first-order valence-electron chi connectivity index (χ1n) is 25.3. The van der Waals surface area contributed by atoms with E-state index in [1.807, 2.05) is 0 Å². The lowest BCUT2D eigenvalue weighted by Crippen LogP contribution is -2.30. The highest BCUT2D eigenvalue weighted by molar-refractivity contribution is 5.71. The molecule has 0 bridgehead atoms. The molecule has 0 aromatic carbocycles. The molecule has 346 valence electrons. The molecule has 60 heavy (non-hydrogen) atoms. The number of carbonyl (C=O) groups excluding carboxylic acids is 3. The molecule has 0 unspecified atom stereocenters. The van der Waals surface area contributed by atoms with Gasteiger partial charge in [-0.1, -0.05) is 210 Å². The lowest BCUT2D eigenvalue weighted by atomic mass is 10.0. The van der Waals surface area contributed by atoms with Crippen LogP contribution in [0.25, 0.3) is 0 Å². The molecule has 0 aliphatic rings. The zero-order chi connectivity index (χ0) is 43.7. The molecule has 0 spiro atoms. The molecule has 0 N–H and O–H groups in total. The third kappa shape index (κ3) is 46.2. The van der Waals surface area contributed by atoms with Crippen LogP contribution in [0.5, 0.6) is 0 Å². The number of hydrogen-bond acceptors (Lipinski definition) is 6. The first-order chi connectivity index (χ1) is 29.5. The van der Waals surface area contributed by atoms with E-state index < -0.39 is 6.10 Å². The van der Waals surface area contributed by atoms with Gasteiger partial charge in [-0.05, 0) is 77.0 Å². The van der Waals surface area contributed by atoms with Crippen molar-refractivity contribution in [1.29, 1.82) is 0 Å². The van der Waals surface area contributed by atoms with Gasteiger partial charge in [0.1, 0.15) is 13.2 Å². The first-order valence-corrected chi connectivity index (χ1v) is 25.3. The Balaban J connectivity index is 4.42. The maximum atomic E-state index is 12.8. The summed E-state index contributed by atoms with van der Waals surface area (Å²) in [5.41, 5.74) is 0. The average molecular weight is 839 g/mol. The fourth-order valence-electron chi connectivity index (χ4n) is 6.94. The summed E-state index contributed by atoms with van der Waals surface area (Å²) in [6, 6.07) is 0. The zero-order valence-electron chi connectivity index (χ0n) is 39.5. The van der Waals surface area contributed by atoms with E-state index in [4.69, 9.17) is 14.2 Å². The van der Waals surface area contributed by atoms with Crippen molar-refractivity contribution in [3.8, 4) is 0 Å². The Morgan fingerprint density at radius 1 is 0.350 bits per heavy atom. The molecule has 0 amide bonds. The van der Waals surface area contributed by atoms with Crippen LogP contribution in [0.15, 0.2) is 60.8 Å². The van der Waals surface area contributed by atoms with E-state index in [2.05, 4.69) is 81.5 Å². The predicted octanol–water partition coefficient (Wildman–Crippen LogP) is 16.5. The highest BCUT2D eigenvalue weighted by atomic mass is 16.6. The van der Waals surface area contributed by atoms with Gasteiger partial charge in [-0.2, -0.15) is 0 Å². The third-order valence-electron chi connectivity index (χ3n) is 10.8. The van der Waals surface area contributed by atoms with Crippen LogP contribution in [-0.4, -0.2) is 37.2 Å². The zero-order valence-corrected chi connectivity index (χ0v) is 39.5. The minimum atomic E-state index is -0.785. The highest BCUT2D eigenvalue weighted by Crippen LogP contribution is 2.15. The molecular weight excluding hydrogens is 745 g/mol. The minimum Gasteiger partial charge on any atom is -0.462 e. The number of carbonyl (C=O) groups is 3. The van der Waals surface area contributed by atoms with Crippen LogP contribution < -0.4 is 0 Å². The number of esters is 3. The summed E-state index contributed by atoms with van der Waals surface area (Å²) >= 11 is 0. The van der Waals surface area contributed by atoms with Crippen molar-refractivity contribution in [1.82, 2.24) is 0 Å².